The molecule has 0 bridgehead atoms. The summed E-state index contributed by atoms with van der Waals surface area (Å²) in [4.78, 5) is 0. The summed E-state index contributed by atoms with van der Waals surface area (Å²) in [6.45, 7) is -0.451. The van der Waals surface area contributed by atoms with E-state index in [1.165, 1.54) is 12.1 Å². The van der Waals surface area contributed by atoms with E-state index >= 15 is 0 Å². The molecule has 0 amide bonds. The first-order chi connectivity index (χ1) is 6.46. The molecule has 0 saturated heterocycles. The van der Waals surface area contributed by atoms with E-state index in [-0.39, 0.29) is 0 Å². The van der Waals surface area contributed by atoms with Gasteiger partial charge in [-0.1, -0.05) is 18.2 Å². The van der Waals surface area contributed by atoms with Gasteiger partial charge in [0, 0.05) is 6.54 Å². The van der Waals surface area contributed by atoms with Crippen LogP contribution in [0, 0.1) is 0 Å². The number of benzene rings is 1. The normalized spacial score (nSPS) is 14.1. The van der Waals surface area contributed by atoms with Gasteiger partial charge in [0.1, 0.15) is 6.17 Å². The fourth-order valence-electron chi connectivity index (χ4n) is 1.16. The third kappa shape index (κ3) is 2.23. The van der Waals surface area contributed by atoms with Gasteiger partial charge in [-0.25, -0.2) is 4.39 Å². The van der Waals surface area contributed by atoms with Crippen LogP contribution in [0.4, 0.5) is 17.6 Å². The van der Waals surface area contributed by atoms with Gasteiger partial charge in [-0.15, -0.1) is 0 Å². The smallest absolute Gasteiger partial charge is 0.327 e. The number of nitrogens with two attached hydrogens (primary N) is 1. The molecule has 1 nitrogen and oxygen atoms in total. The third-order valence-corrected chi connectivity index (χ3v) is 1.81. The monoisotopic (exact) mass is 207 g/mol. The molecular formula is C9H9F4N. The molecule has 0 spiro atoms. The minimum absolute atomic E-state index is 0.400. The Morgan fingerprint density at radius 2 is 1.79 bits per heavy atom. The van der Waals surface area contributed by atoms with Crippen molar-refractivity contribution in [3.63, 3.8) is 0 Å². The topological polar surface area (TPSA) is 26.0 Å². The molecule has 5 heteroatoms. The average Bonchev–Trinajstić information content (AvgIpc) is 2.15. The second-order valence-corrected chi connectivity index (χ2v) is 2.79. The number of halogens is 4. The van der Waals surface area contributed by atoms with Crippen molar-refractivity contribution in [2.24, 2.45) is 5.73 Å². The Kier molecular flexibility index (Phi) is 3.10. The van der Waals surface area contributed by atoms with Crippen LogP contribution in [0.3, 0.4) is 0 Å². The molecule has 1 aromatic rings. The molecule has 0 heterocycles. The quantitative estimate of drug-likeness (QED) is 0.741. The lowest BCUT2D eigenvalue weighted by Gasteiger charge is -2.14. The number of hydrogen-bond donors (Lipinski definition) is 1. The number of rotatable bonds is 2. The zero-order valence-electron chi connectivity index (χ0n) is 7.18. The summed E-state index contributed by atoms with van der Waals surface area (Å²) in [6, 6.07) is 4.51. The summed E-state index contributed by atoms with van der Waals surface area (Å²) in [5.41, 5.74) is 3.61. The molecular weight excluding hydrogens is 198 g/mol. The van der Waals surface area contributed by atoms with Crippen molar-refractivity contribution in [2.45, 2.75) is 12.3 Å². The maximum atomic E-state index is 13.0. The molecule has 1 atom stereocenters. The van der Waals surface area contributed by atoms with Gasteiger partial charge in [-0.3, -0.25) is 0 Å². The van der Waals surface area contributed by atoms with Gasteiger partial charge in [0.2, 0.25) is 0 Å². The fourth-order valence-corrected chi connectivity index (χ4v) is 1.16. The van der Waals surface area contributed by atoms with Crippen LogP contribution in [0.15, 0.2) is 24.3 Å². The second-order valence-electron chi connectivity index (χ2n) is 2.79. The Bertz CT molecular complexity index is 308. The lowest BCUT2D eigenvalue weighted by molar-refractivity contribution is -0.138. The largest absolute Gasteiger partial charge is 0.416 e. The predicted octanol–water partition coefficient (Wildman–Crippen LogP) is 2.67. The average molecular weight is 207 g/mol. The SMILES string of the molecule is NCC(F)c1ccccc1C(F)(F)F. The Morgan fingerprint density at radius 3 is 2.29 bits per heavy atom. The maximum absolute atomic E-state index is 13.0. The first kappa shape index (κ1) is 11.0. The summed E-state index contributed by atoms with van der Waals surface area (Å²) < 4.78 is 50.0. The van der Waals surface area contributed by atoms with Crippen molar-refractivity contribution in [3.8, 4) is 0 Å². The van der Waals surface area contributed by atoms with Crippen molar-refractivity contribution in [3.05, 3.63) is 35.4 Å². The summed E-state index contributed by atoms with van der Waals surface area (Å²) in [5.74, 6) is 0. The number of hydrogen-bond acceptors (Lipinski definition) is 1. The maximum Gasteiger partial charge on any atom is 0.416 e. The molecule has 0 saturated carbocycles. The van der Waals surface area contributed by atoms with Gasteiger partial charge >= 0.3 is 6.18 Å². The molecule has 78 valence electrons. The molecule has 2 N–H and O–H groups in total. The van der Waals surface area contributed by atoms with Crippen LogP contribution in [0.5, 0.6) is 0 Å². The first-order valence-electron chi connectivity index (χ1n) is 3.97. The highest BCUT2D eigenvalue weighted by Gasteiger charge is 2.34. The molecule has 0 fully saturated rings. The highest BCUT2D eigenvalue weighted by molar-refractivity contribution is 5.31. The van der Waals surface area contributed by atoms with Crippen LogP contribution in [-0.4, -0.2) is 6.54 Å². The first-order valence-corrected chi connectivity index (χ1v) is 3.97. The zero-order chi connectivity index (χ0) is 10.8. The Labute approximate surface area is 78.5 Å². The van der Waals surface area contributed by atoms with E-state index in [9.17, 15) is 17.6 Å². The van der Waals surface area contributed by atoms with Gasteiger partial charge in [0.25, 0.3) is 0 Å². The van der Waals surface area contributed by atoms with Crippen LogP contribution in [0.1, 0.15) is 17.3 Å². The molecule has 14 heavy (non-hydrogen) atoms. The van der Waals surface area contributed by atoms with Crippen LogP contribution >= 0.6 is 0 Å². The van der Waals surface area contributed by atoms with E-state index in [0.717, 1.165) is 12.1 Å². The van der Waals surface area contributed by atoms with Gasteiger partial charge in [-0.2, -0.15) is 13.2 Å². The van der Waals surface area contributed by atoms with E-state index in [1.807, 2.05) is 0 Å². The fraction of sp³-hybridized carbons (Fsp3) is 0.333. The van der Waals surface area contributed by atoms with Crippen LogP contribution < -0.4 is 5.73 Å². The summed E-state index contributed by atoms with van der Waals surface area (Å²) in [6.07, 6.45) is -6.30. The Hall–Kier alpha value is -1.10. The van der Waals surface area contributed by atoms with E-state index in [4.69, 9.17) is 5.73 Å². The Balaban J connectivity index is 3.16. The minimum Gasteiger partial charge on any atom is -0.327 e. The highest BCUT2D eigenvalue weighted by Crippen LogP contribution is 2.35. The van der Waals surface area contributed by atoms with Crippen LogP contribution in [0.25, 0.3) is 0 Å². The molecule has 0 aliphatic heterocycles. The third-order valence-electron chi connectivity index (χ3n) is 1.81. The predicted molar refractivity (Wildman–Crippen MR) is 44.3 cm³/mol. The minimum atomic E-state index is -4.53. The van der Waals surface area contributed by atoms with E-state index in [2.05, 4.69) is 0 Å². The molecule has 0 aliphatic rings. The van der Waals surface area contributed by atoms with Crippen molar-refractivity contribution < 1.29 is 17.6 Å². The van der Waals surface area contributed by atoms with E-state index < -0.39 is 30.0 Å². The van der Waals surface area contributed by atoms with Gasteiger partial charge < -0.3 is 5.73 Å². The number of alkyl halides is 4. The van der Waals surface area contributed by atoms with Crippen LogP contribution in [-0.2, 0) is 6.18 Å². The second kappa shape index (κ2) is 3.96. The van der Waals surface area contributed by atoms with E-state index in [0.29, 0.717) is 0 Å². The Morgan fingerprint density at radius 1 is 1.21 bits per heavy atom. The molecule has 0 aliphatic carbocycles. The lowest BCUT2D eigenvalue weighted by Crippen LogP contribution is -2.15. The molecule has 1 aromatic carbocycles. The van der Waals surface area contributed by atoms with Gasteiger partial charge in [0.05, 0.1) is 5.56 Å². The molecule has 1 rings (SSSR count). The molecule has 1 unspecified atom stereocenters. The van der Waals surface area contributed by atoms with Crippen molar-refractivity contribution in [1.29, 1.82) is 0 Å². The highest BCUT2D eigenvalue weighted by atomic mass is 19.4. The molecule has 0 aromatic heterocycles. The zero-order valence-corrected chi connectivity index (χ0v) is 7.18. The van der Waals surface area contributed by atoms with Crippen molar-refractivity contribution >= 4 is 0 Å². The summed E-state index contributed by atoms with van der Waals surface area (Å²) >= 11 is 0. The van der Waals surface area contributed by atoms with Gasteiger partial charge in [-0.05, 0) is 11.6 Å². The van der Waals surface area contributed by atoms with Crippen molar-refractivity contribution in [2.75, 3.05) is 6.54 Å². The lowest BCUT2D eigenvalue weighted by atomic mass is 10.0. The summed E-state index contributed by atoms with van der Waals surface area (Å²) in [7, 11) is 0. The van der Waals surface area contributed by atoms with Crippen molar-refractivity contribution in [1.82, 2.24) is 0 Å². The standard InChI is InChI=1S/C9H9F4N/c10-8(5-14)6-3-1-2-4-7(6)9(11,12)13/h1-4,8H,5,14H2. The van der Waals surface area contributed by atoms with Crippen LogP contribution in [0.2, 0.25) is 0 Å². The molecule has 0 radical (unpaired) electrons. The summed E-state index contributed by atoms with van der Waals surface area (Å²) in [5, 5.41) is 0. The van der Waals surface area contributed by atoms with E-state index in [1.54, 1.807) is 0 Å². The van der Waals surface area contributed by atoms with Gasteiger partial charge in [0.15, 0.2) is 0 Å².